The van der Waals surface area contributed by atoms with Crippen molar-refractivity contribution in [3.8, 4) is 0 Å². The smallest absolute Gasteiger partial charge is 0.160 e. The summed E-state index contributed by atoms with van der Waals surface area (Å²) in [5.41, 5.74) is 6.22. The highest BCUT2D eigenvalue weighted by Crippen LogP contribution is 2.44. The molecule has 0 spiro atoms. The molecular weight excluding hydrogens is 488 g/mol. The van der Waals surface area contributed by atoms with E-state index in [-0.39, 0.29) is 12.5 Å². The second-order valence-electron chi connectivity index (χ2n) is 10.7. The molecule has 40 heavy (non-hydrogen) atoms. The van der Waals surface area contributed by atoms with Crippen LogP contribution in [0.25, 0.3) is 43.6 Å². The van der Waals surface area contributed by atoms with Gasteiger partial charge in [-0.15, -0.1) is 0 Å². The zero-order chi connectivity index (χ0) is 26.7. The average molecular weight is 517 g/mol. The molecule has 0 saturated heterocycles. The predicted molar refractivity (Wildman–Crippen MR) is 166 cm³/mol. The minimum Gasteiger partial charge on any atom is -0.392 e. The Morgan fingerprint density at radius 1 is 0.525 bits per heavy atom. The molecule has 192 valence electrons. The number of benzene rings is 5. The Labute approximate surface area is 232 Å². The predicted octanol–water partition coefficient (Wildman–Crippen LogP) is 8.51. The summed E-state index contributed by atoms with van der Waals surface area (Å²) in [6.45, 7) is 0.0199. The van der Waals surface area contributed by atoms with Gasteiger partial charge in [-0.05, 0) is 53.6 Å². The fourth-order valence-electron chi connectivity index (χ4n) is 6.72. The largest absolute Gasteiger partial charge is 0.392 e. The molecule has 0 fully saturated rings. The average Bonchev–Trinajstić information content (AvgIpc) is 3.55. The molecule has 8 rings (SSSR count). The van der Waals surface area contributed by atoms with Crippen LogP contribution in [-0.2, 0) is 12.3 Å². The Morgan fingerprint density at radius 2 is 1.00 bits per heavy atom. The van der Waals surface area contributed by atoms with E-state index in [0.717, 1.165) is 22.0 Å². The summed E-state index contributed by atoms with van der Waals surface area (Å²) in [6, 6.07) is 43.1. The van der Waals surface area contributed by atoms with Crippen molar-refractivity contribution in [3.63, 3.8) is 0 Å². The van der Waals surface area contributed by atoms with Gasteiger partial charge in [0.05, 0.1) is 28.7 Å². The van der Waals surface area contributed by atoms with Gasteiger partial charge in [-0.1, -0.05) is 103 Å². The molecule has 0 atom stereocenters. The van der Waals surface area contributed by atoms with Crippen LogP contribution in [0.1, 0.15) is 17.0 Å². The summed E-state index contributed by atoms with van der Waals surface area (Å²) in [7, 11) is 0. The van der Waals surface area contributed by atoms with Crippen molar-refractivity contribution < 1.29 is 5.11 Å². The Balaban J connectivity index is 1.52. The maximum atomic E-state index is 9.97. The van der Waals surface area contributed by atoms with Crippen molar-refractivity contribution in [1.29, 1.82) is 0 Å². The van der Waals surface area contributed by atoms with Crippen molar-refractivity contribution in [3.05, 3.63) is 157 Å². The first kappa shape index (κ1) is 23.1. The third-order valence-electron chi connectivity index (χ3n) is 8.50. The standard InChI is InChI=1S/C37H28N2O/c40-25-26-18-19-36-32(24-26)31-14-6-9-17-35(31)39(36)37(22-20-28(21-23-37)27-10-2-1-3-11-27)38-33-15-7-4-12-29(33)30-13-5-8-16-34(30)38/h1-24,28,40H,25H2. The zero-order valence-electron chi connectivity index (χ0n) is 22.0. The molecule has 7 aromatic rings. The van der Waals surface area contributed by atoms with E-state index in [0.29, 0.717) is 0 Å². The number of hydrogen-bond acceptors (Lipinski definition) is 1. The Kier molecular flexibility index (Phi) is 5.10. The lowest BCUT2D eigenvalue weighted by molar-refractivity contribution is 0.282. The van der Waals surface area contributed by atoms with Gasteiger partial charge in [0.15, 0.2) is 5.66 Å². The van der Waals surface area contributed by atoms with E-state index in [1.807, 2.05) is 6.07 Å². The van der Waals surface area contributed by atoms with Gasteiger partial charge in [0.25, 0.3) is 0 Å². The summed E-state index contributed by atoms with van der Waals surface area (Å²) in [4.78, 5) is 0. The van der Waals surface area contributed by atoms with Crippen molar-refractivity contribution in [2.45, 2.75) is 18.2 Å². The molecule has 1 aliphatic carbocycles. The minimum absolute atomic E-state index is 0.0199. The quantitative estimate of drug-likeness (QED) is 0.234. The molecule has 0 saturated carbocycles. The summed E-state index contributed by atoms with van der Waals surface area (Å²) in [5, 5.41) is 14.8. The molecule has 3 nitrogen and oxygen atoms in total. The van der Waals surface area contributed by atoms with Crippen LogP contribution >= 0.6 is 0 Å². The molecule has 0 aliphatic heterocycles. The Bertz CT molecular complexity index is 2040. The molecule has 1 N–H and O–H groups in total. The number of aliphatic hydroxyl groups is 1. The summed E-state index contributed by atoms with van der Waals surface area (Å²) in [5.74, 6) is 0.191. The molecule has 1 aliphatic rings. The highest BCUT2D eigenvalue weighted by Gasteiger charge is 2.36. The molecule has 0 unspecified atom stereocenters. The van der Waals surface area contributed by atoms with Crippen LogP contribution in [0.4, 0.5) is 0 Å². The third kappa shape index (κ3) is 3.22. The first-order valence-electron chi connectivity index (χ1n) is 13.8. The van der Waals surface area contributed by atoms with E-state index in [2.05, 4.69) is 149 Å². The molecule has 0 bridgehead atoms. The zero-order valence-corrected chi connectivity index (χ0v) is 22.0. The van der Waals surface area contributed by atoms with Gasteiger partial charge in [-0.2, -0.15) is 0 Å². The van der Waals surface area contributed by atoms with Crippen molar-refractivity contribution >= 4 is 43.6 Å². The van der Waals surface area contributed by atoms with E-state index in [9.17, 15) is 5.11 Å². The number of aliphatic hydroxyl groups excluding tert-OH is 1. The minimum atomic E-state index is -0.643. The Morgan fingerprint density at radius 3 is 1.55 bits per heavy atom. The first-order valence-corrected chi connectivity index (χ1v) is 13.8. The number of rotatable bonds is 4. The molecule has 2 aromatic heterocycles. The third-order valence-corrected chi connectivity index (χ3v) is 8.50. The number of hydrogen-bond donors (Lipinski definition) is 1. The van der Waals surface area contributed by atoms with Gasteiger partial charge >= 0.3 is 0 Å². The second-order valence-corrected chi connectivity index (χ2v) is 10.7. The van der Waals surface area contributed by atoms with Crippen LogP contribution in [-0.4, -0.2) is 14.2 Å². The van der Waals surface area contributed by atoms with Crippen molar-refractivity contribution in [1.82, 2.24) is 9.13 Å². The summed E-state index contributed by atoms with van der Waals surface area (Å²) in [6.07, 6.45) is 9.47. The highest BCUT2D eigenvalue weighted by molar-refractivity contribution is 6.10. The number of aromatic nitrogens is 2. The molecule has 2 heterocycles. The normalized spacial score (nSPS) is 18.9. The maximum absolute atomic E-state index is 9.97. The first-order chi connectivity index (χ1) is 19.8. The van der Waals surface area contributed by atoms with Gasteiger partial charge in [-0.25, -0.2) is 0 Å². The Hall–Kier alpha value is -4.86. The van der Waals surface area contributed by atoms with Gasteiger partial charge in [0.2, 0.25) is 0 Å². The highest BCUT2D eigenvalue weighted by atomic mass is 16.3. The summed E-state index contributed by atoms with van der Waals surface area (Å²) >= 11 is 0. The van der Waals surface area contributed by atoms with Gasteiger partial charge in [0.1, 0.15) is 0 Å². The van der Waals surface area contributed by atoms with E-state index in [4.69, 9.17) is 0 Å². The maximum Gasteiger partial charge on any atom is 0.160 e. The second kappa shape index (κ2) is 8.84. The topological polar surface area (TPSA) is 30.1 Å². The molecule has 0 radical (unpaired) electrons. The molecule has 3 heteroatoms. The van der Waals surface area contributed by atoms with Gasteiger partial charge in [0, 0.05) is 27.5 Å². The van der Waals surface area contributed by atoms with Crippen molar-refractivity contribution in [2.24, 2.45) is 0 Å². The number of fused-ring (bicyclic) bond motifs is 6. The van der Waals surface area contributed by atoms with Crippen LogP contribution in [0, 0.1) is 0 Å². The van der Waals surface area contributed by atoms with E-state index >= 15 is 0 Å². The lowest BCUT2D eigenvalue weighted by Gasteiger charge is -2.37. The molecule has 5 aromatic carbocycles. The van der Waals surface area contributed by atoms with E-state index < -0.39 is 5.66 Å². The number of allylic oxidation sites excluding steroid dienone is 4. The van der Waals surface area contributed by atoms with Crippen LogP contribution < -0.4 is 0 Å². The SMILES string of the molecule is OCc1ccc2c(c1)c1ccccc1n2C1(n2c3ccccc3c3ccccc32)C=CC(c2ccccc2)C=C1. The fraction of sp³-hybridized carbons (Fsp3) is 0.0811. The monoisotopic (exact) mass is 516 g/mol. The van der Waals surface area contributed by atoms with Crippen LogP contribution in [0.2, 0.25) is 0 Å². The van der Waals surface area contributed by atoms with E-state index in [1.165, 1.54) is 32.8 Å². The molecule has 0 amide bonds. The number of nitrogens with zero attached hydrogens (tertiary/aromatic N) is 2. The summed E-state index contributed by atoms with van der Waals surface area (Å²) < 4.78 is 4.98. The fourth-order valence-corrected chi connectivity index (χ4v) is 6.72. The van der Waals surface area contributed by atoms with Gasteiger partial charge in [-0.3, -0.25) is 0 Å². The molecular formula is C37H28N2O. The van der Waals surface area contributed by atoms with Crippen molar-refractivity contribution in [2.75, 3.05) is 0 Å². The lowest BCUT2D eigenvalue weighted by Crippen LogP contribution is -2.38. The van der Waals surface area contributed by atoms with Gasteiger partial charge < -0.3 is 14.2 Å². The van der Waals surface area contributed by atoms with Crippen LogP contribution in [0.15, 0.2) is 146 Å². The van der Waals surface area contributed by atoms with Crippen LogP contribution in [0.5, 0.6) is 0 Å². The number of para-hydroxylation sites is 3. The van der Waals surface area contributed by atoms with Crippen LogP contribution in [0.3, 0.4) is 0 Å². The lowest BCUT2D eigenvalue weighted by atomic mass is 9.90. The van der Waals surface area contributed by atoms with E-state index in [1.54, 1.807) is 0 Å².